The van der Waals surface area contributed by atoms with E-state index < -0.39 is 6.67 Å². The zero-order valence-electron chi connectivity index (χ0n) is 7.40. The standard InChI is InChI=1S/C10H9Br2FO/c11-5-9(14)4-7-2-1-3-8(6-13)10(7)12/h1-3H,4-6H2. The van der Waals surface area contributed by atoms with Crippen LogP contribution in [0.3, 0.4) is 0 Å². The van der Waals surface area contributed by atoms with Crippen LogP contribution in [0.4, 0.5) is 4.39 Å². The van der Waals surface area contributed by atoms with E-state index in [1.54, 1.807) is 12.1 Å². The van der Waals surface area contributed by atoms with Crippen molar-refractivity contribution in [2.24, 2.45) is 0 Å². The van der Waals surface area contributed by atoms with Crippen molar-refractivity contribution >= 4 is 37.6 Å². The van der Waals surface area contributed by atoms with Crippen molar-refractivity contribution in [3.05, 3.63) is 33.8 Å². The number of halogens is 3. The molecule has 0 fully saturated rings. The van der Waals surface area contributed by atoms with Crippen molar-refractivity contribution in [1.29, 1.82) is 0 Å². The lowest BCUT2D eigenvalue weighted by atomic mass is 10.1. The minimum Gasteiger partial charge on any atom is -0.298 e. The van der Waals surface area contributed by atoms with Crippen LogP contribution in [0.2, 0.25) is 0 Å². The number of hydrogen-bond donors (Lipinski definition) is 0. The van der Waals surface area contributed by atoms with E-state index in [1.807, 2.05) is 6.07 Å². The van der Waals surface area contributed by atoms with E-state index >= 15 is 0 Å². The summed E-state index contributed by atoms with van der Waals surface area (Å²) in [5.41, 5.74) is 1.43. The average molecular weight is 324 g/mol. The number of alkyl halides is 2. The number of hydrogen-bond acceptors (Lipinski definition) is 1. The van der Waals surface area contributed by atoms with Gasteiger partial charge in [-0.1, -0.05) is 50.1 Å². The number of Topliss-reactive ketones (excluding diaryl/α,β-unsaturated/α-hetero) is 1. The fraction of sp³-hybridized carbons (Fsp3) is 0.300. The molecule has 0 N–H and O–H groups in total. The second-order valence-corrected chi connectivity index (χ2v) is 4.23. The first kappa shape index (κ1) is 11.9. The fourth-order valence-corrected chi connectivity index (χ4v) is 1.84. The summed E-state index contributed by atoms with van der Waals surface area (Å²) in [5, 5.41) is 0.333. The van der Waals surface area contributed by atoms with Gasteiger partial charge in [-0.2, -0.15) is 0 Å². The highest BCUT2D eigenvalue weighted by Gasteiger charge is 2.08. The predicted octanol–water partition coefficient (Wildman–Crippen LogP) is 3.43. The number of carbonyl (C=O) groups excluding carboxylic acids is 1. The maximum absolute atomic E-state index is 12.5. The van der Waals surface area contributed by atoms with E-state index in [9.17, 15) is 9.18 Å². The third kappa shape index (κ3) is 2.89. The summed E-state index contributed by atoms with van der Waals surface area (Å²) in [5.74, 6) is 0.0849. The van der Waals surface area contributed by atoms with Crippen molar-refractivity contribution in [2.45, 2.75) is 13.1 Å². The molecule has 14 heavy (non-hydrogen) atoms. The van der Waals surface area contributed by atoms with Crippen molar-refractivity contribution in [1.82, 2.24) is 0 Å². The largest absolute Gasteiger partial charge is 0.298 e. The molecule has 0 unspecified atom stereocenters. The Balaban J connectivity index is 2.92. The molecule has 0 radical (unpaired) electrons. The van der Waals surface area contributed by atoms with Crippen LogP contribution in [0.25, 0.3) is 0 Å². The summed E-state index contributed by atoms with van der Waals surface area (Å²) in [7, 11) is 0. The van der Waals surface area contributed by atoms with Gasteiger partial charge in [0, 0.05) is 10.9 Å². The SMILES string of the molecule is O=C(CBr)Cc1cccc(CF)c1Br. The van der Waals surface area contributed by atoms with Gasteiger partial charge in [0.05, 0.1) is 5.33 Å². The molecular formula is C10H9Br2FO. The van der Waals surface area contributed by atoms with Crippen LogP contribution in [-0.2, 0) is 17.9 Å². The summed E-state index contributed by atoms with van der Waals surface area (Å²) in [6.45, 7) is -0.517. The molecule has 0 aliphatic heterocycles. The molecule has 1 rings (SSSR count). The summed E-state index contributed by atoms with van der Waals surface area (Å²) in [4.78, 5) is 11.2. The maximum atomic E-state index is 12.5. The van der Waals surface area contributed by atoms with Crippen LogP contribution in [0.1, 0.15) is 11.1 Å². The van der Waals surface area contributed by atoms with Gasteiger partial charge in [-0.25, -0.2) is 4.39 Å². The van der Waals surface area contributed by atoms with Gasteiger partial charge < -0.3 is 0 Å². The van der Waals surface area contributed by atoms with E-state index in [1.165, 1.54) is 0 Å². The first-order chi connectivity index (χ1) is 6.69. The highest BCUT2D eigenvalue weighted by atomic mass is 79.9. The van der Waals surface area contributed by atoms with Gasteiger partial charge in [-0.05, 0) is 11.1 Å². The van der Waals surface area contributed by atoms with Gasteiger partial charge in [0.1, 0.15) is 12.5 Å². The molecule has 0 bridgehead atoms. The molecular weight excluding hydrogens is 315 g/mol. The Morgan fingerprint density at radius 1 is 1.36 bits per heavy atom. The number of carbonyl (C=O) groups is 1. The highest BCUT2D eigenvalue weighted by Crippen LogP contribution is 2.23. The van der Waals surface area contributed by atoms with Gasteiger partial charge in [0.2, 0.25) is 0 Å². The number of ketones is 1. The minimum atomic E-state index is -0.517. The molecule has 0 aliphatic rings. The molecule has 0 saturated carbocycles. The van der Waals surface area contributed by atoms with E-state index in [0.29, 0.717) is 21.8 Å². The predicted molar refractivity (Wildman–Crippen MR) is 61.5 cm³/mol. The van der Waals surface area contributed by atoms with E-state index in [-0.39, 0.29) is 5.78 Å². The van der Waals surface area contributed by atoms with Gasteiger partial charge in [0.25, 0.3) is 0 Å². The minimum absolute atomic E-state index is 0.0849. The Hall–Kier alpha value is -0.220. The second kappa shape index (κ2) is 5.61. The van der Waals surface area contributed by atoms with E-state index in [4.69, 9.17) is 0 Å². The molecule has 0 atom stereocenters. The Morgan fingerprint density at radius 2 is 2.00 bits per heavy atom. The Labute approximate surface area is 99.0 Å². The van der Waals surface area contributed by atoms with E-state index in [0.717, 1.165) is 5.56 Å². The van der Waals surface area contributed by atoms with Crippen LogP contribution < -0.4 is 0 Å². The first-order valence-electron chi connectivity index (χ1n) is 4.09. The molecule has 0 aromatic heterocycles. The molecule has 0 saturated heterocycles. The first-order valence-corrected chi connectivity index (χ1v) is 6.00. The molecule has 0 heterocycles. The monoisotopic (exact) mass is 322 g/mol. The smallest absolute Gasteiger partial charge is 0.147 e. The zero-order valence-corrected chi connectivity index (χ0v) is 10.6. The summed E-state index contributed by atoms with van der Waals surface area (Å²) in [6.07, 6.45) is 0.333. The Bertz CT molecular complexity index is 339. The van der Waals surface area contributed by atoms with Crippen LogP contribution >= 0.6 is 31.9 Å². The third-order valence-corrected chi connectivity index (χ3v) is 3.48. The number of rotatable bonds is 4. The molecule has 1 aromatic carbocycles. The van der Waals surface area contributed by atoms with Gasteiger partial charge >= 0.3 is 0 Å². The van der Waals surface area contributed by atoms with Crippen LogP contribution in [0.5, 0.6) is 0 Å². The third-order valence-electron chi connectivity index (χ3n) is 1.84. The summed E-state index contributed by atoms with van der Waals surface area (Å²) in [6, 6.07) is 5.28. The quantitative estimate of drug-likeness (QED) is 0.776. The lowest BCUT2D eigenvalue weighted by molar-refractivity contribution is -0.115. The van der Waals surface area contributed by atoms with Crippen molar-refractivity contribution in [2.75, 3.05) is 5.33 Å². The van der Waals surface area contributed by atoms with Crippen LogP contribution in [0, 0.1) is 0 Å². The van der Waals surface area contributed by atoms with Gasteiger partial charge in [-0.15, -0.1) is 0 Å². The summed E-state index contributed by atoms with van der Waals surface area (Å²) < 4.78 is 13.2. The normalized spacial score (nSPS) is 10.2. The zero-order chi connectivity index (χ0) is 10.6. The number of benzene rings is 1. The highest BCUT2D eigenvalue weighted by molar-refractivity contribution is 9.10. The summed E-state index contributed by atoms with van der Waals surface area (Å²) >= 11 is 6.39. The molecule has 4 heteroatoms. The van der Waals surface area contributed by atoms with Crippen molar-refractivity contribution in [3.8, 4) is 0 Å². The molecule has 0 spiro atoms. The molecule has 1 nitrogen and oxygen atoms in total. The Kier molecular flexibility index (Phi) is 4.75. The van der Waals surface area contributed by atoms with Crippen LogP contribution in [0.15, 0.2) is 22.7 Å². The van der Waals surface area contributed by atoms with Gasteiger partial charge in [0.15, 0.2) is 0 Å². The molecule has 0 aliphatic carbocycles. The van der Waals surface area contributed by atoms with E-state index in [2.05, 4.69) is 31.9 Å². The van der Waals surface area contributed by atoms with Crippen molar-refractivity contribution < 1.29 is 9.18 Å². The lowest BCUT2D eigenvalue weighted by Crippen LogP contribution is -2.04. The van der Waals surface area contributed by atoms with Gasteiger partial charge in [-0.3, -0.25) is 4.79 Å². The fourth-order valence-electron chi connectivity index (χ4n) is 1.13. The van der Waals surface area contributed by atoms with Crippen molar-refractivity contribution in [3.63, 3.8) is 0 Å². The average Bonchev–Trinajstić information content (AvgIpc) is 2.21. The molecule has 0 amide bonds. The second-order valence-electron chi connectivity index (χ2n) is 2.87. The molecule has 1 aromatic rings. The lowest BCUT2D eigenvalue weighted by Gasteiger charge is -2.05. The Morgan fingerprint density at radius 3 is 2.57 bits per heavy atom. The maximum Gasteiger partial charge on any atom is 0.147 e. The molecule has 76 valence electrons. The van der Waals surface area contributed by atoms with Crippen LogP contribution in [-0.4, -0.2) is 11.1 Å². The topological polar surface area (TPSA) is 17.1 Å².